The van der Waals surface area contributed by atoms with Crippen LogP contribution in [0.3, 0.4) is 0 Å². The van der Waals surface area contributed by atoms with E-state index in [0.29, 0.717) is 10.9 Å². The van der Waals surface area contributed by atoms with Crippen LogP contribution in [0.15, 0.2) is 12.1 Å². The molecule has 23 heavy (non-hydrogen) atoms. The summed E-state index contributed by atoms with van der Waals surface area (Å²) in [4.78, 5) is 15.1. The largest absolute Gasteiger partial charge is 0.506 e. The molecular formula is C19H24ClNO2. The molecule has 124 valence electrons. The number of halogens is 1. The summed E-state index contributed by atoms with van der Waals surface area (Å²) < 4.78 is 0. The zero-order chi connectivity index (χ0) is 16.2. The molecule has 1 heterocycles. The number of hydrogen-bond donors (Lipinski definition) is 1. The Balaban J connectivity index is 1.66. The van der Waals surface area contributed by atoms with Gasteiger partial charge in [-0.2, -0.15) is 0 Å². The van der Waals surface area contributed by atoms with Crippen LogP contribution in [-0.4, -0.2) is 28.5 Å². The van der Waals surface area contributed by atoms with Gasteiger partial charge in [0, 0.05) is 18.5 Å². The first-order chi connectivity index (χ1) is 11.0. The van der Waals surface area contributed by atoms with Crippen LogP contribution in [0.5, 0.6) is 5.75 Å². The summed E-state index contributed by atoms with van der Waals surface area (Å²) in [7, 11) is 0. The van der Waals surface area contributed by atoms with E-state index in [1.807, 2.05) is 6.07 Å². The number of nitrogens with zero attached hydrogens (tertiary/aromatic N) is 1. The van der Waals surface area contributed by atoms with E-state index in [4.69, 9.17) is 11.6 Å². The highest BCUT2D eigenvalue weighted by atomic mass is 35.5. The van der Waals surface area contributed by atoms with Crippen molar-refractivity contribution in [2.75, 3.05) is 6.54 Å². The summed E-state index contributed by atoms with van der Waals surface area (Å²) in [6.07, 6.45) is 7.28. The number of aromatic hydroxyl groups is 1. The van der Waals surface area contributed by atoms with Crippen molar-refractivity contribution in [1.29, 1.82) is 0 Å². The molecular weight excluding hydrogens is 310 g/mol. The SMILES string of the molecule is C[C@]12CCN(C(=O)C3CCCC3)[C@@H](Cc3ccc(O)c(Cl)c31)C2. The number of hydrogen-bond acceptors (Lipinski definition) is 2. The Bertz CT molecular complexity index is 653. The van der Waals surface area contributed by atoms with Gasteiger partial charge in [0.2, 0.25) is 5.91 Å². The number of carbonyl (C=O) groups is 1. The Morgan fingerprint density at radius 1 is 1.35 bits per heavy atom. The molecule has 1 aromatic carbocycles. The predicted octanol–water partition coefficient (Wildman–Crippen LogP) is 4.04. The van der Waals surface area contributed by atoms with Gasteiger partial charge in [0.1, 0.15) is 5.75 Å². The van der Waals surface area contributed by atoms with Gasteiger partial charge in [-0.1, -0.05) is 37.4 Å². The van der Waals surface area contributed by atoms with E-state index >= 15 is 0 Å². The normalized spacial score (nSPS) is 30.3. The van der Waals surface area contributed by atoms with Gasteiger partial charge < -0.3 is 10.0 Å². The van der Waals surface area contributed by atoms with Gasteiger partial charge in [-0.3, -0.25) is 4.79 Å². The molecule has 0 unspecified atom stereocenters. The molecule has 2 fully saturated rings. The Labute approximate surface area is 142 Å². The third-order valence-electron chi connectivity index (χ3n) is 6.29. The molecule has 1 amide bonds. The molecule has 4 heteroatoms. The second-order valence-electron chi connectivity index (χ2n) is 7.82. The lowest BCUT2D eigenvalue weighted by Gasteiger charge is -2.50. The Morgan fingerprint density at radius 3 is 2.83 bits per heavy atom. The average molecular weight is 334 g/mol. The highest BCUT2D eigenvalue weighted by molar-refractivity contribution is 6.33. The summed E-state index contributed by atoms with van der Waals surface area (Å²) in [5.74, 6) is 0.807. The van der Waals surface area contributed by atoms with Crippen molar-refractivity contribution in [2.24, 2.45) is 5.92 Å². The first-order valence-corrected chi connectivity index (χ1v) is 9.19. The molecule has 2 aliphatic carbocycles. The van der Waals surface area contributed by atoms with Crippen molar-refractivity contribution in [1.82, 2.24) is 4.90 Å². The van der Waals surface area contributed by atoms with Crippen molar-refractivity contribution in [2.45, 2.75) is 63.3 Å². The van der Waals surface area contributed by atoms with E-state index in [1.165, 1.54) is 18.4 Å². The van der Waals surface area contributed by atoms with Crippen molar-refractivity contribution < 1.29 is 9.90 Å². The minimum atomic E-state index is -0.0273. The van der Waals surface area contributed by atoms with Crippen LogP contribution in [-0.2, 0) is 16.6 Å². The second kappa shape index (κ2) is 5.41. The number of amides is 1. The number of likely N-dealkylation sites (tertiary alicyclic amines) is 1. The number of benzene rings is 1. The van der Waals surface area contributed by atoms with E-state index in [-0.39, 0.29) is 23.1 Å². The van der Waals surface area contributed by atoms with E-state index < -0.39 is 0 Å². The Kier molecular flexibility index (Phi) is 3.60. The highest BCUT2D eigenvalue weighted by Crippen LogP contribution is 2.49. The number of fused-ring (bicyclic) bond motifs is 4. The van der Waals surface area contributed by atoms with Crippen LogP contribution >= 0.6 is 11.6 Å². The van der Waals surface area contributed by atoms with Gasteiger partial charge in [0.25, 0.3) is 0 Å². The van der Waals surface area contributed by atoms with Crippen molar-refractivity contribution >= 4 is 17.5 Å². The maximum Gasteiger partial charge on any atom is 0.225 e. The maximum atomic E-state index is 12.9. The molecule has 4 rings (SSSR count). The van der Waals surface area contributed by atoms with E-state index in [9.17, 15) is 9.90 Å². The lowest BCUT2D eigenvalue weighted by molar-refractivity contribution is -0.140. The second-order valence-corrected chi connectivity index (χ2v) is 8.20. The van der Waals surface area contributed by atoms with E-state index in [1.54, 1.807) is 6.07 Å². The average Bonchev–Trinajstić information content (AvgIpc) is 3.04. The summed E-state index contributed by atoms with van der Waals surface area (Å²) in [6.45, 7) is 3.06. The lowest BCUT2D eigenvalue weighted by Crippen LogP contribution is -2.55. The zero-order valence-electron chi connectivity index (χ0n) is 13.6. The predicted molar refractivity (Wildman–Crippen MR) is 90.9 cm³/mol. The third kappa shape index (κ3) is 2.36. The van der Waals surface area contributed by atoms with Crippen molar-refractivity contribution in [3.05, 3.63) is 28.3 Å². The molecule has 0 aromatic heterocycles. The van der Waals surface area contributed by atoms with Gasteiger partial charge in [0.05, 0.1) is 5.02 Å². The van der Waals surface area contributed by atoms with Crippen LogP contribution < -0.4 is 0 Å². The Morgan fingerprint density at radius 2 is 2.09 bits per heavy atom. The molecule has 3 aliphatic rings. The zero-order valence-corrected chi connectivity index (χ0v) is 14.4. The standard InChI is InChI=1S/C19H24ClNO2/c1-19-8-9-21(18(23)12-4-2-3-5-12)14(11-19)10-13-6-7-15(22)17(20)16(13)19/h6-7,12,14,22H,2-5,8-11H2,1H3/t14-,19+/m0/s1. The molecule has 2 bridgehead atoms. The molecule has 1 N–H and O–H groups in total. The summed E-state index contributed by atoms with van der Waals surface area (Å²) in [5.41, 5.74) is 2.29. The molecule has 3 nitrogen and oxygen atoms in total. The first-order valence-electron chi connectivity index (χ1n) is 8.81. The third-order valence-corrected chi connectivity index (χ3v) is 6.67. The van der Waals surface area contributed by atoms with Crippen LogP contribution in [0.25, 0.3) is 0 Å². The van der Waals surface area contributed by atoms with Gasteiger partial charge >= 0.3 is 0 Å². The summed E-state index contributed by atoms with van der Waals surface area (Å²) in [6, 6.07) is 3.97. The number of rotatable bonds is 1. The van der Waals surface area contributed by atoms with Crippen LogP contribution in [0.1, 0.15) is 56.6 Å². The van der Waals surface area contributed by atoms with Gasteiger partial charge in [0.15, 0.2) is 0 Å². The number of piperidine rings is 1. The maximum absolute atomic E-state index is 12.9. The quantitative estimate of drug-likeness (QED) is 0.842. The van der Waals surface area contributed by atoms with Crippen molar-refractivity contribution in [3.8, 4) is 5.75 Å². The van der Waals surface area contributed by atoms with Crippen molar-refractivity contribution in [3.63, 3.8) is 0 Å². The highest BCUT2D eigenvalue weighted by Gasteiger charge is 2.46. The summed E-state index contributed by atoms with van der Waals surface area (Å²) in [5, 5.41) is 10.5. The lowest BCUT2D eigenvalue weighted by atomic mass is 9.65. The van der Waals surface area contributed by atoms with E-state index in [0.717, 1.165) is 44.2 Å². The molecule has 1 aromatic rings. The molecule has 0 spiro atoms. The van der Waals surface area contributed by atoms with Gasteiger partial charge in [-0.25, -0.2) is 0 Å². The molecule has 2 atom stereocenters. The number of carbonyl (C=O) groups excluding carboxylic acids is 1. The van der Waals surface area contributed by atoms with Gasteiger partial charge in [-0.05, 0) is 54.7 Å². The van der Waals surface area contributed by atoms with Crippen LogP contribution in [0.2, 0.25) is 5.02 Å². The Hall–Kier alpha value is -1.22. The smallest absolute Gasteiger partial charge is 0.225 e. The van der Waals surface area contributed by atoms with Crippen LogP contribution in [0.4, 0.5) is 0 Å². The number of phenols is 1. The van der Waals surface area contributed by atoms with E-state index in [2.05, 4.69) is 11.8 Å². The minimum Gasteiger partial charge on any atom is -0.506 e. The number of phenolic OH excluding ortho intramolecular Hbond substituents is 1. The minimum absolute atomic E-state index is 0.0273. The topological polar surface area (TPSA) is 40.5 Å². The molecule has 1 saturated heterocycles. The van der Waals surface area contributed by atoms with Crippen LogP contribution in [0, 0.1) is 5.92 Å². The first kappa shape index (κ1) is 15.3. The molecule has 1 aliphatic heterocycles. The summed E-state index contributed by atoms with van der Waals surface area (Å²) >= 11 is 6.42. The monoisotopic (exact) mass is 333 g/mol. The molecule has 1 saturated carbocycles. The fourth-order valence-electron chi connectivity index (χ4n) is 5.07. The van der Waals surface area contributed by atoms with Gasteiger partial charge in [-0.15, -0.1) is 0 Å². The fourth-order valence-corrected chi connectivity index (χ4v) is 5.48. The molecule has 0 radical (unpaired) electrons. The fraction of sp³-hybridized carbons (Fsp3) is 0.632.